The topological polar surface area (TPSA) is 59.1 Å². The third kappa shape index (κ3) is 3.67. The van der Waals surface area contributed by atoms with E-state index in [1.54, 1.807) is 23.2 Å². The van der Waals surface area contributed by atoms with Crippen LogP contribution < -0.4 is 0 Å². The summed E-state index contributed by atoms with van der Waals surface area (Å²) in [6.45, 7) is 1.93. The van der Waals surface area contributed by atoms with Gasteiger partial charge in [0.1, 0.15) is 5.76 Å². The molecule has 3 aromatic rings. The van der Waals surface area contributed by atoms with Crippen LogP contribution >= 0.6 is 23.8 Å². The van der Waals surface area contributed by atoms with E-state index in [0.29, 0.717) is 15.6 Å². The number of halogens is 1. The first-order valence-electron chi connectivity index (χ1n) is 6.83. The van der Waals surface area contributed by atoms with Crippen molar-refractivity contribution in [3.05, 3.63) is 63.8 Å². The van der Waals surface area contributed by atoms with E-state index in [9.17, 15) is 0 Å². The Morgan fingerprint density at radius 3 is 3.00 bits per heavy atom. The summed E-state index contributed by atoms with van der Waals surface area (Å²) in [4.78, 5) is 0. The highest BCUT2D eigenvalue weighted by molar-refractivity contribution is 7.71. The van der Waals surface area contributed by atoms with Crippen LogP contribution in [0.2, 0.25) is 5.02 Å². The van der Waals surface area contributed by atoms with Gasteiger partial charge in [-0.2, -0.15) is 14.9 Å². The van der Waals surface area contributed by atoms with Crippen molar-refractivity contribution in [3.63, 3.8) is 0 Å². The molecular weight excluding hydrogens is 332 g/mol. The molecular formula is C16H13ClN4OS. The molecule has 2 heterocycles. The van der Waals surface area contributed by atoms with Crippen molar-refractivity contribution in [2.75, 3.05) is 0 Å². The van der Waals surface area contributed by atoms with Crippen molar-refractivity contribution >= 4 is 36.1 Å². The van der Waals surface area contributed by atoms with Gasteiger partial charge in [0.2, 0.25) is 4.77 Å². The maximum atomic E-state index is 6.03. The largest absolute Gasteiger partial charge is 0.465 e. The molecule has 1 N–H and O–H groups in total. The fourth-order valence-electron chi connectivity index (χ4n) is 2.00. The number of hydrogen-bond acceptors (Lipinski definition) is 4. The number of furan rings is 1. The zero-order valence-corrected chi connectivity index (χ0v) is 13.8. The summed E-state index contributed by atoms with van der Waals surface area (Å²) in [5, 5.41) is 12.0. The fourth-order valence-corrected chi connectivity index (χ4v) is 2.37. The highest BCUT2D eigenvalue weighted by Gasteiger charge is 2.08. The summed E-state index contributed by atoms with van der Waals surface area (Å²) in [5.74, 6) is 1.36. The van der Waals surface area contributed by atoms with Gasteiger partial charge < -0.3 is 4.42 Å². The predicted octanol–water partition coefficient (Wildman–Crippen LogP) is 4.79. The fraction of sp³-hybridized carbons (Fsp3) is 0.0625. The zero-order chi connectivity index (χ0) is 16.2. The van der Waals surface area contributed by atoms with Gasteiger partial charge in [0.05, 0.1) is 12.5 Å². The molecule has 0 spiro atoms. The minimum absolute atomic E-state index is 0.405. The van der Waals surface area contributed by atoms with Crippen molar-refractivity contribution < 1.29 is 4.42 Å². The van der Waals surface area contributed by atoms with E-state index in [2.05, 4.69) is 15.3 Å². The lowest BCUT2D eigenvalue weighted by Crippen LogP contribution is -1.94. The van der Waals surface area contributed by atoms with Crippen LogP contribution in [0.3, 0.4) is 0 Å². The van der Waals surface area contributed by atoms with Crippen LogP contribution in [-0.2, 0) is 0 Å². The van der Waals surface area contributed by atoms with Crippen LogP contribution in [-0.4, -0.2) is 21.1 Å². The van der Waals surface area contributed by atoms with Crippen LogP contribution in [0.15, 0.2) is 57.8 Å². The number of rotatable bonds is 4. The molecule has 0 aliphatic carbocycles. The number of nitrogens with one attached hydrogen (secondary N) is 1. The van der Waals surface area contributed by atoms with E-state index >= 15 is 0 Å². The number of H-pyrrole nitrogens is 1. The molecule has 0 saturated carbocycles. The molecule has 3 rings (SSSR count). The molecule has 0 amide bonds. The number of aromatic amines is 1. The first-order valence-corrected chi connectivity index (χ1v) is 7.61. The molecule has 116 valence electrons. The van der Waals surface area contributed by atoms with E-state index in [-0.39, 0.29) is 0 Å². The van der Waals surface area contributed by atoms with Gasteiger partial charge in [-0.25, -0.2) is 5.10 Å². The summed E-state index contributed by atoms with van der Waals surface area (Å²) in [6.07, 6.45) is 5.20. The summed E-state index contributed by atoms with van der Waals surface area (Å²) in [7, 11) is 0. The predicted molar refractivity (Wildman–Crippen MR) is 94.1 cm³/mol. The van der Waals surface area contributed by atoms with Gasteiger partial charge >= 0.3 is 0 Å². The number of nitrogens with zero attached hydrogens (tertiary/aromatic N) is 3. The Hall–Kier alpha value is -2.44. The Labute approximate surface area is 142 Å². The van der Waals surface area contributed by atoms with E-state index in [4.69, 9.17) is 28.2 Å². The molecule has 7 heteroatoms. The number of benzene rings is 1. The lowest BCUT2D eigenvalue weighted by atomic mass is 10.2. The third-order valence-corrected chi connectivity index (χ3v) is 3.52. The molecule has 0 aliphatic heterocycles. The summed E-state index contributed by atoms with van der Waals surface area (Å²) < 4.78 is 7.23. The smallest absolute Gasteiger partial charge is 0.216 e. The molecule has 0 bridgehead atoms. The normalized spacial score (nSPS) is 12.2. The standard InChI is InChI=1S/C16H13ClN4OS/c1-11(8-14-6-3-7-22-14)10-18-21-15(19-20-16(21)23)12-4-2-5-13(17)9-12/h2-10H,1H3,(H,20,23)/b11-8+,18-10-. The average molecular weight is 345 g/mol. The van der Waals surface area contributed by atoms with Crippen molar-refractivity contribution in [1.82, 2.24) is 14.9 Å². The summed E-state index contributed by atoms with van der Waals surface area (Å²) in [5.41, 5.74) is 1.75. The molecule has 0 radical (unpaired) electrons. The van der Waals surface area contributed by atoms with Crippen molar-refractivity contribution in [2.24, 2.45) is 5.10 Å². The molecule has 2 aromatic heterocycles. The minimum Gasteiger partial charge on any atom is -0.465 e. The molecule has 0 fully saturated rings. The molecule has 0 unspecified atom stereocenters. The van der Waals surface area contributed by atoms with Gasteiger partial charge in [-0.15, -0.1) is 0 Å². The number of hydrogen-bond donors (Lipinski definition) is 1. The summed E-state index contributed by atoms with van der Waals surface area (Å²) in [6, 6.07) is 11.1. The minimum atomic E-state index is 0.405. The van der Waals surface area contributed by atoms with E-state index in [0.717, 1.165) is 16.9 Å². The molecule has 5 nitrogen and oxygen atoms in total. The van der Waals surface area contributed by atoms with Gasteiger partial charge in [-0.3, -0.25) is 0 Å². The maximum absolute atomic E-state index is 6.03. The van der Waals surface area contributed by atoms with Gasteiger partial charge in [-0.1, -0.05) is 23.7 Å². The molecule has 23 heavy (non-hydrogen) atoms. The van der Waals surface area contributed by atoms with Crippen LogP contribution in [0.5, 0.6) is 0 Å². The maximum Gasteiger partial charge on any atom is 0.216 e. The van der Waals surface area contributed by atoms with Crippen molar-refractivity contribution in [2.45, 2.75) is 6.92 Å². The van der Waals surface area contributed by atoms with Crippen LogP contribution in [0, 0.1) is 4.77 Å². The van der Waals surface area contributed by atoms with Gasteiger partial charge in [0, 0.05) is 10.6 Å². The van der Waals surface area contributed by atoms with E-state index < -0.39 is 0 Å². The van der Waals surface area contributed by atoms with Gasteiger partial charge in [-0.05, 0) is 55.1 Å². The van der Waals surface area contributed by atoms with Crippen molar-refractivity contribution in [3.8, 4) is 11.4 Å². The Bertz CT molecular complexity index is 922. The third-order valence-electron chi connectivity index (χ3n) is 3.02. The average Bonchev–Trinajstić information content (AvgIpc) is 3.15. The van der Waals surface area contributed by atoms with E-state index in [1.165, 1.54) is 0 Å². The lowest BCUT2D eigenvalue weighted by Gasteiger charge is -2.01. The SMILES string of the molecule is CC(/C=N\n1c(-c2cccc(Cl)c2)n[nH]c1=S)=C\c1ccco1. The summed E-state index contributed by atoms with van der Waals surface area (Å²) >= 11 is 11.3. The number of aromatic nitrogens is 3. The Balaban J connectivity index is 1.93. The van der Waals surface area contributed by atoms with Crippen LogP contribution in [0.4, 0.5) is 0 Å². The lowest BCUT2D eigenvalue weighted by molar-refractivity contribution is 0.557. The Morgan fingerprint density at radius 2 is 2.26 bits per heavy atom. The first kappa shape index (κ1) is 15.5. The second-order valence-electron chi connectivity index (χ2n) is 4.82. The highest BCUT2D eigenvalue weighted by Crippen LogP contribution is 2.21. The van der Waals surface area contributed by atoms with Crippen LogP contribution in [0.25, 0.3) is 17.5 Å². The molecule has 0 atom stereocenters. The second-order valence-corrected chi connectivity index (χ2v) is 5.65. The molecule has 0 aliphatic rings. The van der Waals surface area contributed by atoms with Crippen LogP contribution in [0.1, 0.15) is 12.7 Å². The number of allylic oxidation sites excluding steroid dienone is 1. The monoisotopic (exact) mass is 344 g/mol. The zero-order valence-electron chi connectivity index (χ0n) is 12.2. The molecule has 1 aromatic carbocycles. The molecule has 0 saturated heterocycles. The highest BCUT2D eigenvalue weighted by atomic mass is 35.5. The first-order chi connectivity index (χ1) is 11.1. The van der Waals surface area contributed by atoms with Crippen molar-refractivity contribution in [1.29, 1.82) is 0 Å². The van der Waals surface area contributed by atoms with E-state index in [1.807, 2.05) is 43.3 Å². The second kappa shape index (κ2) is 6.76. The Kier molecular flexibility index (Phi) is 4.55. The quantitative estimate of drug-likeness (QED) is 0.546. The van der Waals surface area contributed by atoms with Gasteiger partial charge in [0.25, 0.3) is 0 Å². The Morgan fingerprint density at radius 1 is 1.39 bits per heavy atom. The van der Waals surface area contributed by atoms with Gasteiger partial charge in [0.15, 0.2) is 5.82 Å².